The van der Waals surface area contributed by atoms with Gasteiger partial charge in [-0.3, -0.25) is 9.36 Å². The molecule has 3 aromatic rings. The number of aromatic nitrogens is 4. The maximum Gasteiger partial charge on any atom is 0.224 e. The number of hydrogen-bond donors (Lipinski definition) is 3. The van der Waals surface area contributed by atoms with Gasteiger partial charge in [0.15, 0.2) is 17.3 Å². The topological polar surface area (TPSA) is 120 Å². The minimum absolute atomic E-state index is 0.0454. The van der Waals surface area contributed by atoms with Crippen LogP contribution in [0.25, 0.3) is 11.2 Å². The van der Waals surface area contributed by atoms with E-state index in [9.17, 15) is 13.6 Å². The van der Waals surface area contributed by atoms with Crippen molar-refractivity contribution in [3.63, 3.8) is 0 Å². The number of hydrogen-bond acceptors (Lipinski definition) is 7. The van der Waals surface area contributed by atoms with Crippen LogP contribution in [-0.2, 0) is 9.53 Å². The first-order valence-electron chi connectivity index (χ1n) is 13.1. The zero-order valence-electron chi connectivity index (χ0n) is 21.6. The number of carbonyl (C=O) groups excluding carboxylic acids is 1. The van der Waals surface area contributed by atoms with Crippen LogP contribution in [-0.4, -0.2) is 44.7 Å². The standard InChI is InChI=1S/C26H34ClF2N7O2/c1-3-10-38-11-9-17(4-2)32-25-31-14-21-24(35-25)36(18-7-5-15(6-8-18)23(30)37)26(33-21)34-22-19(28)12-16(27)13-20(22)29/h12-15,17-18H,3-11H2,1-2H3,(H2,30,37)(H,33,34)(H,31,32,35)/t15-,17-,18+/m0/s1. The van der Waals surface area contributed by atoms with Crippen LogP contribution in [0.5, 0.6) is 0 Å². The first kappa shape index (κ1) is 28.0. The molecule has 1 aliphatic rings. The molecule has 1 atom stereocenters. The summed E-state index contributed by atoms with van der Waals surface area (Å²) in [6.07, 6.45) is 6.71. The van der Waals surface area contributed by atoms with E-state index in [0.717, 1.165) is 38.0 Å². The van der Waals surface area contributed by atoms with Crippen LogP contribution < -0.4 is 16.4 Å². The highest BCUT2D eigenvalue weighted by atomic mass is 35.5. The number of benzene rings is 1. The van der Waals surface area contributed by atoms with Crippen molar-refractivity contribution >= 4 is 46.3 Å². The van der Waals surface area contributed by atoms with Crippen molar-refractivity contribution in [1.82, 2.24) is 19.5 Å². The maximum atomic E-state index is 14.6. The predicted molar refractivity (Wildman–Crippen MR) is 144 cm³/mol. The van der Waals surface area contributed by atoms with Crippen LogP contribution in [0.1, 0.15) is 64.8 Å². The Kier molecular flexibility index (Phi) is 9.32. The highest BCUT2D eigenvalue weighted by molar-refractivity contribution is 6.30. The number of ether oxygens (including phenoxy) is 1. The molecule has 0 unspecified atom stereocenters. The number of fused-ring (bicyclic) bond motifs is 1. The highest BCUT2D eigenvalue weighted by Gasteiger charge is 2.29. The smallest absolute Gasteiger partial charge is 0.224 e. The van der Waals surface area contributed by atoms with Gasteiger partial charge in [-0.2, -0.15) is 4.98 Å². The molecule has 1 aromatic carbocycles. The Morgan fingerprint density at radius 1 is 1.18 bits per heavy atom. The number of rotatable bonds is 12. The second-order valence-electron chi connectivity index (χ2n) is 9.64. The number of nitrogens with two attached hydrogens (primary N) is 1. The number of primary amides is 1. The lowest BCUT2D eigenvalue weighted by atomic mass is 9.85. The fraction of sp³-hybridized carbons (Fsp3) is 0.538. The first-order valence-corrected chi connectivity index (χ1v) is 13.5. The normalized spacial score (nSPS) is 18.4. The molecule has 2 aromatic heterocycles. The lowest BCUT2D eigenvalue weighted by Crippen LogP contribution is -2.29. The summed E-state index contributed by atoms with van der Waals surface area (Å²) in [4.78, 5) is 25.5. The summed E-state index contributed by atoms with van der Waals surface area (Å²) in [6.45, 7) is 5.51. The third kappa shape index (κ3) is 6.50. The SMILES string of the molecule is CCCOCC[C@H](CC)Nc1ncc2nc(Nc3c(F)cc(Cl)cc3F)n([C@H]3CC[C@@H](C(N)=O)CC3)c2n1. The van der Waals surface area contributed by atoms with Gasteiger partial charge in [-0.25, -0.2) is 18.7 Å². The van der Waals surface area contributed by atoms with Gasteiger partial charge in [0.1, 0.15) is 11.2 Å². The van der Waals surface area contributed by atoms with E-state index in [1.165, 1.54) is 0 Å². The van der Waals surface area contributed by atoms with Crippen LogP contribution in [0.4, 0.5) is 26.4 Å². The molecular weight excluding hydrogens is 516 g/mol. The molecule has 4 rings (SSSR count). The molecule has 0 radical (unpaired) electrons. The Labute approximate surface area is 225 Å². The molecule has 0 bridgehead atoms. The van der Waals surface area contributed by atoms with E-state index in [2.05, 4.69) is 34.4 Å². The van der Waals surface area contributed by atoms with Crippen molar-refractivity contribution in [2.24, 2.45) is 11.7 Å². The molecule has 38 heavy (non-hydrogen) atoms. The van der Waals surface area contributed by atoms with Crippen molar-refractivity contribution in [3.8, 4) is 0 Å². The van der Waals surface area contributed by atoms with E-state index in [0.29, 0.717) is 49.4 Å². The number of carbonyl (C=O) groups is 1. The Morgan fingerprint density at radius 2 is 1.89 bits per heavy atom. The molecule has 206 valence electrons. The summed E-state index contributed by atoms with van der Waals surface area (Å²) >= 11 is 5.80. The summed E-state index contributed by atoms with van der Waals surface area (Å²) in [5.41, 5.74) is 6.17. The third-order valence-corrected chi connectivity index (χ3v) is 7.14. The third-order valence-electron chi connectivity index (χ3n) is 6.93. The van der Waals surface area contributed by atoms with Crippen LogP contribution >= 0.6 is 11.6 Å². The quantitative estimate of drug-likeness (QED) is 0.247. The summed E-state index contributed by atoms with van der Waals surface area (Å²) in [5, 5.41) is 6.14. The minimum Gasteiger partial charge on any atom is -0.381 e. The van der Waals surface area contributed by atoms with Gasteiger partial charge in [-0.15, -0.1) is 0 Å². The van der Waals surface area contributed by atoms with Gasteiger partial charge in [0.25, 0.3) is 0 Å². The van der Waals surface area contributed by atoms with E-state index < -0.39 is 11.6 Å². The van der Waals surface area contributed by atoms with Gasteiger partial charge in [0, 0.05) is 36.2 Å². The molecular formula is C26H34ClF2N7O2. The summed E-state index contributed by atoms with van der Waals surface area (Å²) < 4.78 is 36.8. The number of amides is 1. The molecule has 1 saturated carbocycles. The second kappa shape index (κ2) is 12.7. The van der Waals surface area contributed by atoms with Crippen LogP contribution in [0.3, 0.4) is 0 Å². The fourth-order valence-electron chi connectivity index (χ4n) is 4.82. The number of halogens is 3. The van der Waals surface area contributed by atoms with Crippen molar-refractivity contribution in [2.75, 3.05) is 23.8 Å². The van der Waals surface area contributed by atoms with E-state index in [1.807, 2.05) is 4.57 Å². The zero-order valence-corrected chi connectivity index (χ0v) is 22.4. The highest BCUT2D eigenvalue weighted by Crippen LogP contribution is 2.37. The first-order chi connectivity index (χ1) is 18.3. The molecule has 9 nitrogen and oxygen atoms in total. The van der Waals surface area contributed by atoms with E-state index in [-0.39, 0.29) is 40.6 Å². The van der Waals surface area contributed by atoms with Crippen molar-refractivity contribution in [1.29, 1.82) is 0 Å². The lowest BCUT2D eigenvalue weighted by molar-refractivity contribution is -0.122. The van der Waals surface area contributed by atoms with Gasteiger partial charge in [-0.05, 0) is 57.1 Å². The lowest BCUT2D eigenvalue weighted by Gasteiger charge is -2.29. The maximum absolute atomic E-state index is 14.6. The minimum atomic E-state index is -0.837. The van der Waals surface area contributed by atoms with Gasteiger partial charge in [-0.1, -0.05) is 25.4 Å². The Morgan fingerprint density at radius 3 is 2.53 bits per heavy atom. The van der Waals surface area contributed by atoms with Crippen LogP contribution in [0, 0.1) is 17.6 Å². The molecule has 12 heteroatoms. The van der Waals surface area contributed by atoms with Gasteiger partial charge >= 0.3 is 0 Å². The van der Waals surface area contributed by atoms with Gasteiger partial charge in [0.05, 0.1) is 6.20 Å². The van der Waals surface area contributed by atoms with Crippen molar-refractivity contribution in [2.45, 2.75) is 70.9 Å². The second-order valence-corrected chi connectivity index (χ2v) is 10.1. The van der Waals surface area contributed by atoms with Crippen molar-refractivity contribution in [3.05, 3.63) is 35.0 Å². The summed E-state index contributed by atoms with van der Waals surface area (Å²) in [6, 6.07) is 2.08. The molecule has 1 amide bonds. The molecule has 2 heterocycles. The molecule has 0 saturated heterocycles. The number of nitrogens with zero attached hydrogens (tertiary/aromatic N) is 4. The summed E-state index contributed by atoms with van der Waals surface area (Å²) in [7, 11) is 0. The van der Waals surface area contributed by atoms with E-state index in [1.54, 1.807) is 6.20 Å². The Balaban J connectivity index is 1.67. The average molecular weight is 550 g/mol. The number of imidazole rings is 1. The molecule has 4 N–H and O–H groups in total. The molecule has 0 aliphatic heterocycles. The monoisotopic (exact) mass is 549 g/mol. The zero-order chi connectivity index (χ0) is 27.2. The van der Waals surface area contributed by atoms with Gasteiger partial charge in [0.2, 0.25) is 17.8 Å². The van der Waals surface area contributed by atoms with Crippen molar-refractivity contribution < 1.29 is 18.3 Å². The van der Waals surface area contributed by atoms with Crippen LogP contribution in [0.15, 0.2) is 18.3 Å². The largest absolute Gasteiger partial charge is 0.381 e. The Hall–Kier alpha value is -3.05. The molecule has 0 spiro atoms. The van der Waals surface area contributed by atoms with E-state index >= 15 is 0 Å². The fourth-order valence-corrected chi connectivity index (χ4v) is 5.01. The molecule has 1 aliphatic carbocycles. The van der Waals surface area contributed by atoms with Crippen LogP contribution in [0.2, 0.25) is 5.02 Å². The Bertz CT molecular complexity index is 1240. The number of nitrogens with one attached hydrogen (secondary N) is 2. The van der Waals surface area contributed by atoms with Gasteiger partial charge < -0.3 is 21.1 Å². The van der Waals surface area contributed by atoms with E-state index in [4.69, 9.17) is 27.1 Å². The average Bonchev–Trinajstić information content (AvgIpc) is 3.25. The number of anilines is 3. The summed E-state index contributed by atoms with van der Waals surface area (Å²) in [5.74, 6) is -1.52. The molecule has 1 fully saturated rings. The predicted octanol–water partition coefficient (Wildman–Crippen LogP) is 5.73.